The second-order valence-corrected chi connectivity index (χ2v) is 6.64. The molecule has 0 heterocycles. The Bertz CT molecular complexity index is 763. The predicted molar refractivity (Wildman–Crippen MR) is 80.4 cm³/mol. The van der Waals surface area contributed by atoms with Crippen LogP contribution in [-0.2, 0) is 10.0 Å². The minimum absolute atomic E-state index is 0.0351. The maximum atomic E-state index is 12.2. The zero-order valence-electron chi connectivity index (χ0n) is 9.77. The first-order valence-electron chi connectivity index (χ1n) is 5.26. The molecule has 0 saturated heterocycles. The third-order valence-electron chi connectivity index (χ3n) is 2.39. The Morgan fingerprint density at radius 3 is 2.35 bits per heavy atom. The van der Waals surface area contributed by atoms with Crippen LogP contribution in [0.2, 0.25) is 15.1 Å². The van der Waals surface area contributed by atoms with Crippen molar-refractivity contribution in [2.75, 3.05) is 4.72 Å². The van der Waals surface area contributed by atoms with Gasteiger partial charge in [-0.25, -0.2) is 8.42 Å². The smallest absolute Gasteiger partial charge is 0.263 e. The standard InChI is InChI=1S/C12H8Cl3NO3S/c13-9-4-5-10(12(15)11(9)14)20(18,19)16-7-2-1-3-8(17)6-7/h1-6,16-17H. The molecule has 20 heavy (non-hydrogen) atoms. The molecule has 0 saturated carbocycles. The van der Waals surface area contributed by atoms with Crippen molar-refractivity contribution in [2.45, 2.75) is 4.90 Å². The fourth-order valence-corrected chi connectivity index (χ4v) is 3.52. The summed E-state index contributed by atoms with van der Waals surface area (Å²) in [7, 11) is -3.94. The first-order valence-corrected chi connectivity index (χ1v) is 7.88. The molecule has 106 valence electrons. The summed E-state index contributed by atoms with van der Waals surface area (Å²) in [6.45, 7) is 0. The normalized spacial score (nSPS) is 11.3. The molecule has 0 spiro atoms. The third-order valence-corrected chi connectivity index (χ3v) is 5.22. The van der Waals surface area contributed by atoms with E-state index in [1.54, 1.807) is 0 Å². The Labute approximate surface area is 131 Å². The van der Waals surface area contributed by atoms with Crippen LogP contribution < -0.4 is 4.72 Å². The van der Waals surface area contributed by atoms with Gasteiger partial charge in [-0.1, -0.05) is 40.9 Å². The van der Waals surface area contributed by atoms with Crippen LogP contribution in [0.1, 0.15) is 0 Å². The van der Waals surface area contributed by atoms with E-state index in [9.17, 15) is 13.5 Å². The lowest BCUT2D eigenvalue weighted by molar-refractivity contribution is 0.475. The van der Waals surface area contributed by atoms with Gasteiger partial charge in [0.2, 0.25) is 0 Å². The van der Waals surface area contributed by atoms with E-state index >= 15 is 0 Å². The highest BCUT2D eigenvalue weighted by Crippen LogP contribution is 2.35. The Kier molecular flexibility index (Phi) is 4.34. The van der Waals surface area contributed by atoms with Crippen molar-refractivity contribution in [2.24, 2.45) is 0 Å². The van der Waals surface area contributed by atoms with Gasteiger partial charge in [0.05, 0.1) is 20.8 Å². The van der Waals surface area contributed by atoms with Gasteiger partial charge >= 0.3 is 0 Å². The molecular weight excluding hydrogens is 345 g/mol. The van der Waals surface area contributed by atoms with E-state index in [4.69, 9.17) is 34.8 Å². The summed E-state index contributed by atoms with van der Waals surface area (Å²) in [6, 6.07) is 8.27. The SMILES string of the molecule is O=S(=O)(Nc1cccc(O)c1)c1ccc(Cl)c(Cl)c1Cl. The van der Waals surface area contributed by atoms with Gasteiger partial charge in [0, 0.05) is 6.07 Å². The maximum Gasteiger partial charge on any atom is 0.263 e. The molecule has 0 aromatic heterocycles. The summed E-state index contributed by atoms with van der Waals surface area (Å²) in [5.41, 5.74) is 0.201. The van der Waals surface area contributed by atoms with Crippen molar-refractivity contribution < 1.29 is 13.5 Å². The average molecular weight is 353 g/mol. The highest BCUT2D eigenvalue weighted by Gasteiger charge is 2.21. The van der Waals surface area contributed by atoms with E-state index in [1.165, 1.54) is 36.4 Å². The molecule has 2 aromatic carbocycles. The van der Waals surface area contributed by atoms with E-state index in [0.29, 0.717) is 0 Å². The van der Waals surface area contributed by atoms with Crippen molar-refractivity contribution >= 4 is 50.5 Å². The molecule has 0 aliphatic heterocycles. The molecule has 0 fully saturated rings. The number of anilines is 1. The number of sulfonamides is 1. The number of nitrogens with one attached hydrogen (secondary N) is 1. The second-order valence-electron chi connectivity index (χ2n) is 3.83. The van der Waals surface area contributed by atoms with E-state index in [1.807, 2.05) is 0 Å². The van der Waals surface area contributed by atoms with Crippen LogP contribution in [0.15, 0.2) is 41.3 Å². The van der Waals surface area contributed by atoms with E-state index in [2.05, 4.69) is 4.72 Å². The highest BCUT2D eigenvalue weighted by atomic mass is 35.5. The minimum atomic E-state index is -3.94. The molecule has 0 amide bonds. The number of phenols is 1. The lowest BCUT2D eigenvalue weighted by atomic mass is 10.3. The van der Waals surface area contributed by atoms with Crippen LogP contribution >= 0.6 is 34.8 Å². The van der Waals surface area contributed by atoms with E-state index < -0.39 is 10.0 Å². The molecule has 0 atom stereocenters. The van der Waals surface area contributed by atoms with E-state index in [-0.39, 0.29) is 31.4 Å². The summed E-state index contributed by atoms with van der Waals surface area (Å²) >= 11 is 17.5. The number of rotatable bonds is 3. The largest absolute Gasteiger partial charge is 0.508 e. The van der Waals surface area contributed by atoms with Crippen LogP contribution in [0.3, 0.4) is 0 Å². The highest BCUT2D eigenvalue weighted by molar-refractivity contribution is 7.92. The number of hydrogen-bond donors (Lipinski definition) is 2. The van der Waals surface area contributed by atoms with Crippen LogP contribution in [0.4, 0.5) is 5.69 Å². The molecule has 2 aromatic rings. The van der Waals surface area contributed by atoms with Gasteiger partial charge in [0.1, 0.15) is 10.6 Å². The summed E-state index contributed by atoms with van der Waals surface area (Å²) in [4.78, 5) is -0.197. The summed E-state index contributed by atoms with van der Waals surface area (Å²) in [5, 5.41) is 9.28. The Hall–Kier alpha value is -1.14. The van der Waals surface area contributed by atoms with E-state index in [0.717, 1.165) is 0 Å². The van der Waals surface area contributed by atoms with Crippen molar-refractivity contribution in [1.29, 1.82) is 0 Å². The van der Waals surface area contributed by atoms with Crippen LogP contribution in [0.25, 0.3) is 0 Å². The van der Waals surface area contributed by atoms with Gasteiger partial charge in [-0.2, -0.15) is 0 Å². The summed E-state index contributed by atoms with van der Waals surface area (Å²) in [5.74, 6) is -0.0644. The molecule has 4 nitrogen and oxygen atoms in total. The monoisotopic (exact) mass is 351 g/mol. The van der Waals surface area contributed by atoms with Gasteiger partial charge in [-0.15, -0.1) is 0 Å². The molecule has 0 radical (unpaired) electrons. The van der Waals surface area contributed by atoms with Crippen LogP contribution in [-0.4, -0.2) is 13.5 Å². The number of aromatic hydroxyl groups is 1. The van der Waals surface area contributed by atoms with Crippen molar-refractivity contribution in [1.82, 2.24) is 0 Å². The second kappa shape index (κ2) is 5.69. The first kappa shape index (κ1) is 15.3. The minimum Gasteiger partial charge on any atom is -0.508 e. The average Bonchev–Trinajstić information content (AvgIpc) is 2.35. The molecule has 2 rings (SSSR count). The third kappa shape index (κ3) is 3.12. The van der Waals surface area contributed by atoms with Crippen molar-refractivity contribution in [3.05, 3.63) is 51.5 Å². The van der Waals surface area contributed by atoms with Gasteiger partial charge in [-0.05, 0) is 24.3 Å². The zero-order valence-corrected chi connectivity index (χ0v) is 12.9. The zero-order chi connectivity index (χ0) is 14.9. The Morgan fingerprint density at radius 2 is 1.70 bits per heavy atom. The molecule has 8 heteroatoms. The fourth-order valence-electron chi connectivity index (χ4n) is 1.50. The lowest BCUT2D eigenvalue weighted by Crippen LogP contribution is -2.13. The number of hydrogen-bond acceptors (Lipinski definition) is 3. The molecule has 0 aliphatic rings. The number of halogens is 3. The van der Waals surface area contributed by atoms with Crippen LogP contribution in [0.5, 0.6) is 5.75 Å². The van der Waals surface area contributed by atoms with Crippen molar-refractivity contribution in [3.8, 4) is 5.75 Å². The number of benzene rings is 2. The Morgan fingerprint density at radius 1 is 1.00 bits per heavy atom. The number of phenolic OH excluding ortho intramolecular Hbond substituents is 1. The predicted octanol–water partition coefficient (Wildman–Crippen LogP) is 4.15. The van der Waals surface area contributed by atoms with Gasteiger partial charge in [0.15, 0.2) is 0 Å². The quantitative estimate of drug-likeness (QED) is 0.815. The van der Waals surface area contributed by atoms with Crippen LogP contribution in [0, 0.1) is 0 Å². The molecule has 0 unspecified atom stereocenters. The first-order chi connectivity index (χ1) is 9.31. The Balaban J connectivity index is 2.44. The van der Waals surface area contributed by atoms with Gasteiger partial charge in [0.25, 0.3) is 10.0 Å². The van der Waals surface area contributed by atoms with Gasteiger partial charge < -0.3 is 5.11 Å². The lowest BCUT2D eigenvalue weighted by Gasteiger charge is -2.11. The molecular formula is C12H8Cl3NO3S. The topological polar surface area (TPSA) is 66.4 Å². The molecule has 2 N–H and O–H groups in total. The fraction of sp³-hybridized carbons (Fsp3) is 0. The van der Waals surface area contributed by atoms with Gasteiger partial charge in [-0.3, -0.25) is 4.72 Å². The maximum absolute atomic E-state index is 12.2. The molecule has 0 aliphatic carbocycles. The van der Waals surface area contributed by atoms with Crippen molar-refractivity contribution in [3.63, 3.8) is 0 Å². The summed E-state index contributed by atoms with van der Waals surface area (Å²) in [6.07, 6.45) is 0. The summed E-state index contributed by atoms with van der Waals surface area (Å²) < 4.78 is 26.7. The molecule has 0 bridgehead atoms.